The molecule has 0 spiro atoms. The Bertz CT molecular complexity index is 453. The van der Waals surface area contributed by atoms with Crippen LogP contribution in [0.2, 0.25) is 5.02 Å². The SMILES string of the molecule is CC1CC(C)CN(C(C(N)=S)c2ccccc2Cl)C1. The lowest BCUT2D eigenvalue weighted by Crippen LogP contribution is -2.45. The second-order valence-electron chi connectivity index (χ2n) is 5.73. The van der Waals surface area contributed by atoms with Crippen molar-refractivity contribution in [2.45, 2.75) is 26.3 Å². The van der Waals surface area contributed by atoms with Crippen LogP contribution in [0.25, 0.3) is 0 Å². The van der Waals surface area contributed by atoms with Gasteiger partial charge in [0.05, 0.1) is 11.0 Å². The minimum absolute atomic E-state index is 0.0473. The predicted molar refractivity (Wildman–Crippen MR) is 85.5 cm³/mol. The second-order valence-corrected chi connectivity index (χ2v) is 6.60. The molecule has 4 heteroatoms. The van der Waals surface area contributed by atoms with Crippen molar-refractivity contribution in [3.8, 4) is 0 Å². The van der Waals surface area contributed by atoms with E-state index in [1.165, 1.54) is 6.42 Å². The largest absolute Gasteiger partial charge is 0.392 e. The van der Waals surface area contributed by atoms with Gasteiger partial charge >= 0.3 is 0 Å². The van der Waals surface area contributed by atoms with Gasteiger partial charge in [-0.05, 0) is 29.9 Å². The first-order valence-corrected chi connectivity index (χ1v) is 7.55. The average molecular weight is 297 g/mol. The summed E-state index contributed by atoms with van der Waals surface area (Å²) < 4.78 is 0. The number of likely N-dealkylation sites (tertiary alicyclic amines) is 1. The van der Waals surface area contributed by atoms with Gasteiger partial charge in [0.2, 0.25) is 0 Å². The van der Waals surface area contributed by atoms with Crippen LogP contribution in [0, 0.1) is 11.8 Å². The molecule has 3 atom stereocenters. The summed E-state index contributed by atoms with van der Waals surface area (Å²) >= 11 is 11.6. The molecule has 0 aromatic heterocycles. The Morgan fingerprint density at radius 1 is 1.32 bits per heavy atom. The summed E-state index contributed by atoms with van der Waals surface area (Å²) in [5.74, 6) is 1.34. The van der Waals surface area contributed by atoms with E-state index in [2.05, 4.69) is 18.7 Å². The van der Waals surface area contributed by atoms with E-state index in [4.69, 9.17) is 29.6 Å². The Kier molecular flexibility index (Phi) is 4.82. The van der Waals surface area contributed by atoms with Crippen molar-refractivity contribution >= 4 is 28.8 Å². The van der Waals surface area contributed by atoms with Crippen LogP contribution in [0.5, 0.6) is 0 Å². The van der Waals surface area contributed by atoms with E-state index < -0.39 is 0 Å². The number of nitrogens with zero attached hydrogens (tertiary/aromatic N) is 1. The molecule has 104 valence electrons. The Hall–Kier alpha value is -0.640. The molecule has 2 rings (SSSR count). The van der Waals surface area contributed by atoms with Gasteiger partial charge < -0.3 is 5.73 Å². The van der Waals surface area contributed by atoms with Crippen molar-refractivity contribution in [2.75, 3.05) is 13.1 Å². The number of nitrogens with two attached hydrogens (primary N) is 1. The monoisotopic (exact) mass is 296 g/mol. The van der Waals surface area contributed by atoms with E-state index >= 15 is 0 Å². The topological polar surface area (TPSA) is 29.3 Å². The lowest BCUT2D eigenvalue weighted by atomic mass is 9.89. The maximum Gasteiger partial charge on any atom is 0.0948 e. The normalized spacial score (nSPS) is 26.1. The maximum absolute atomic E-state index is 6.31. The molecule has 1 heterocycles. The molecule has 2 N–H and O–H groups in total. The van der Waals surface area contributed by atoms with E-state index in [-0.39, 0.29) is 6.04 Å². The third kappa shape index (κ3) is 3.47. The van der Waals surface area contributed by atoms with Gasteiger partial charge in [-0.1, -0.05) is 55.9 Å². The van der Waals surface area contributed by atoms with Crippen molar-refractivity contribution in [3.05, 3.63) is 34.9 Å². The quantitative estimate of drug-likeness (QED) is 0.864. The molecular formula is C15H21ClN2S. The summed E-state index contributed by atoms with van der Waals surface area (Å²) in [5.41, 5.74) is 7.02. The van der Waals surface area contributed by atoms with Gasteiger partial charge in [-0.25, -0.2) is 0 Å². The molecule has 0 amide bonds. The summed E-state index contributed by atoms with van der Waals surface area (Å²) in [6.45, 7) is 6.62. The maximum atomic E-state index is 6.31. The lowest BCUT2D eigenvalue weighted by Gasteiger charge is -2.40. The summed E-state index contributed by atoms with van der Waals surface area (Å²) in [6, 6.07) is 7.80. The van der Waals surface area contributed by atoms with Crippen molar-refractivity contribution in [2.24, 2.45) is 17.6 Å². The minimum Gasteiger partial charge on any atom is -0.392 e. The number of hydrogen-bond acceptors (Lipinski definition) is 2. The molecule has 0 radical (unpaired) electrons. The van der Waals surface area contributed by atoms with Gasteiger partial charge in [-0.15, -0.1) is 0 Å². The number of piperidine rings is 1. The Balaban J connectivity index is 2.31. The fourth-order valence-corrected chi connectivity index (χ4v) is 3.66. The highest BCUT2D eigenvalue weighted by Gasteiger charge is 2.30. The highest BCUT2D eigenvalue weighted by molar-refractivity contribution is 7.80. The van der Waals surface area contributed by atoms with E-state index in [9.17, 15) is 0 Å². The van der Waals surface area contributed by atoms with Gasteiger partial charge in [0.1, 0.15) is 0 Å². The van der Waals surface area contributed by atoms with Gasteiger partial charge in [0.15, 0.2) is 0 Å². The first-order chi connectivity index (χ1) is 8.99. The van der Waals surface area contributed by atoms with E-state index in [1.807, 2.05) is 24.3 Å². The summed E-state index contributed by atoms with van der Waals surface area (Å²) in [5, 5.41) is 0.742. The van der Waals surface area contributed by atoms with Crippen LogP contribution < -0.4 is 5.73 Å². The molecule has 19 heavy (non-hydrogen) atoms. The molecule has 0 bridgehead atoms. The Morgan fingerprint density at radius 3 is 2.42 bits per heavy atom. The second kappa shape index (κ2) is 6.21. The molecular weight excluding hydrogens is 276 g/mol. The summed E-state index contributed by atoms with van der Waals surface area (Å²) in [6.07, 6.45) is 1.27. The molecule has 1 aromatic carbocycles. The molecule has 0 saturated carbocycles. The predicted octanol–water partition coefficient (Wildman–Crippen LogP) is 3.65. The first kappa shape index (κ1) is 14.8. The molecule has 1 fully saturated rings. The zero-order valence-electron chi connectivity index (χ0n) is 11.5. The van der Waals surface area contributed by atoms with Gasteiger partial charge in [0, 0.05) is 18.1 Å². The van der Waals surface area contributed by atoms with Crippen LogP contribution in [0.3, 0.4) is 0 Å². The highest BCUT2D eigenvalue weighted by atomic mass is 35.5. The third-order valence-corrected chi connectivity index (χ3v) is 4.30. The summed E-state index contributed by atoms with van der Waals surface area (Å²) in [4.78, 5) is 2.89. The number of hydrogen-bond donors (Lipinski definition) is 1. The van der Waals surface area contributed by atoms with Crippen LogP contribution >= 0.6 is 23.8 Å². The summed E-state index contributed by atoms with van der Waals surface area (Å²) in [7, 11) is 0. The van der Waals surface area contributed by atoms with E-state index in [1.54, 1.807) is 0 Å². The fourth-order valence-electron chi connectivity index (χ4n) is 3.15. The molecule has 2 nitrogen and oxygen atoms in total. The molecule has 0 aliphatic carbocycles. The number of rotatable bonds is 3. The van der Waals surface area contributed by atoms with Gasteiger partial charge in [-0.2, -0.15) is 0 Å². The first-order valence-electron chi connectivity index (χ1n) is 6.76. The third-order valence-electron chi connectivity index (χ3n) is 3.73. The molecule has 1 aromatic rings. The smallest absolute Gasteiger partial charge is 0.0948 e. The molecule has 3 unspecified atom stereocenters. The Morgan fingerprint density at radius 2 is 1.89 bits per heavy atom. The van der Waals surface area contributed by atoms with E-state index in [0.29, 0.717) is 16.8 Å². The van der Waals surface area contributed by atoms with Crippen molar-refractivity contribution in [1.82, 2.24) is 4.90 Å². The van der Waals surface area contributed by atoms with Crippen LogP contribution in [-0.2, 0) is 0 Å². The van der Waals surface area contributed by atoms with Crippen LogP contribution in [0.1, 0.15) is 31.9 Å². The fraction of sp³-hybridized carbons (Fsp3) is 0.533. The number of halogens is 1. The van der Waals surface area contributed by atoms with Crippen LogP contribution in [0.4, 0.5) is 0 Å². The number of thiocarbonyl (C=S) groups is 1. The number of benzene rings is 1. The molecule has 1 saturated heterocycles. The zero-order valence-corrected chi connectivity index (χ0v) is 13.0. The average Bonchev–Trinajstić information content (AvgIpc) is 2.30. The molecule has 1 aliphatic rings. The van der Waals surface area contributed by atoms with E-state index in [0.717, 1.165) is 23.7 Å². The van der Waals surface area contributed by atoms with Gasteiger partial charge in [-0.3, -0.25) is 4.90 Å². The van der Waals surface area contributed by atoms with Crippen molar-refractivity contribution < 1.29 is 0 Å². The minimum atomic E-state index is -0.0473. The lowest BCUT2D eigenvalue weighted by molar-refractivity contribution is 0.122. The van der Waals surface area contributed by atoms with Crippen molar-refractivity contribution in [1.29, 1.82) is 0 Å². The van der Waals surface area contributed by atoms with Crippen LogP contribution in [-0.4, -0.2) is 23.0 Å². The highest BCUT2D eigenvalue weighted by Crippen LogP contribution is 2.32. The standard InChI is InChI=1S/C15H21ClN2S/c1-10-7-11(2)9-18(8-10)14(15(17)19)12-5-3-4-6-13(12)16/h3-6,10-11,14H,7-9H2,1-2H3,(H2,17,19). The van der Waals surface area contributed by atoms with Crippen molar-refractivity contribution in [3.63, 3.8) is 0 Å². The Labute approximate surface area is 125 Å². The zero-order chi connectivity index (χ0) is 14.0. The molecule has 1 aliphatic heterocycles. The van der Waals surface area contributed by atoms with Crippen LogP contribution in [0.15, 0.2) is 24.3 Å². The van der Waals surface area contributed by atoms with Gasteiger partial charge in [0.25, 0.3) is 0 Å².